The van der Waals surface area contributed by atoms with Gasteiger partial charge in [-0.15, -0.1) is 11.3 Å². The van der Waals surface area contributed by atoms with Gasteiger partial charge in [0, 0.05) is 11.6 Å². The summed E-state index contributed by atoms with van der Waals surface area (Å²) in [7, 11) is 3.07. The lowest BCUT2D eigenvalue weighted by atomic mass is 10.2. The fourth-order valence-corrected chi connectivity index (χ4v) is 4.28. The molecule has 1 aromatic heterocycles. The summed E-state index contributed by atoms with van der Waals surface area (Å²) in [5.74, 6) is 1.04. The smallest absolute Gasteiger partial charge is 0.250 e. The Bertz CT molecular complexity index is 958. The predicted molar refractivity (Wildman–Crippen MR) is 111 cm³/mol. The maximum Gasteiger partial charge on any atom is 0.250 e. The van der Waals surface area contributed by atoms with Crippen LogP contribution < -0.4 is 14.9 Å². The van der Waals surface area contributed by atoms with Crippen molar-refractivity contribution < 1.29 is 14.3 Å². The lowest BCUT2D eigenvalue weighted by molar-refractivity contribution is -0.118. The number of aromatic nitrogens is 1. The molecular formula is C18H16ClN3O3S2. The van der Waals surface area contributed by atoms with Crippen LogP contribution in [0.1, 0.15) is 5.56 Å². The lowest BCUT2D eigenvalue weighted by Gasteiger charge is -2.09. The van der Waals surface area contributed by atoms with E-state index in [4.69, 9.17) is 21.1 Å². The molecule has 2 aromatic carbocycles. The van der Waals surface area contributed by atoms with Crippen molar-refractivity contribution in [1.29, 1.82) is 0 Å². The molecule has 0 bridgehead atoms. The van der Waals surface area contributed by atoms with Crippen molar-refractivity contribution in [2.24, 2.45) is 5.10 Å². The fourth-order valence-electron chi connectivity index (χ4n) is 2.22. The van der Waals surface area contributed by atoms with E-state index in [1.54, 1.807) is 23.5 Å². The Balaban J connectivity index is 1.57. The Hall–Kier alpha value is -2.29. The van der Waals surface area contributed by atoms with Gasteiger partial charge in [-0.1, -0.05) is 35.5 Å². The second kappa shape index (κ2) is 9.07. The van der Waals surface area contributed by atoms with Crippen LogP contribution in [0.2, 0.25) is 5.02 Å². The van der Waals surface area contributed by atoms with Crippen molar-refractivity contribution in [3.63, 3.8) is 0 Å². The predicted octanol–water partition coefficient (Wildman–Crippen LogP) is 4.21. The summed E-state index contributed by atoms with van der Waals surface area (Å²) in [5.41, 5.74) is 4.03. The zero-order chi connectivity index (χ0) is 19.2. The highest BCUT2D eigenvalue weighted by molar-refractivity contribution is 8.01. The number of halogens is 1. The van der Waals surface area contributed by atoms with Crippen LogP contribution >= 0.6 is 34.7 Å². The van der Waals surface area contributed by atoms with Crippen LogP contribution in [-0.2, 0) is 4.79 Å². The average Bonchev–Trinajstić information content (AvgIpc) is 3.10. The summed E-state index contributed by atoms with van der Waals surface area (Å²) in [6.45, 7) is 0. The quantitative estimate of drug-likeness (QED) is 0.351. The van der Waals surface area contributed by atoms with Crippen molar-refractivity contribution >= 4 is 57.0 Å². The number of carbonyl (C=O) groups excluding carboxylic acids is 1. The third-order valence-electron chi connectivity index (χ3n) is 3.50. The number of hydrogen-bond donors (Lipinski definition) is 1. The van der Waals surface area contributed by atoms with Gasteiger partial charge in [0.05, 0.1) is 41.4 Å². The minimum absolute atomic E-state index is 0.219. The normalized spacial score (nSPS) is 11.1. The van der Waals surface area contributed by atoms with E-state index in [0.29, 0.717) is 22.1 Å². The van der Waals surface area contributed by atoms with Crippen LogP contribution in [0, 0.1) is 0 Å². The molecule has 0 atom stereocenters. The maximum atomic E-state index is 12.0. The standard InChI is InChI=1S/C18H16ClN3O3S2/c1-24-14-7-11(12(19)8-15(14)25-2)9-20-22-17(23)10-26-18-21-13-5-3-4-6-16(13)27-18/h3-9H,10H2,1-2H3,(H,22,23). The third kappa shape index (κ3) is 4.91. The molecule has 0 saturated heterocycles. The highest BCUT2D eigenvalue weighted by Gasteiger charge is 2.09. The number of nitrogens with zero attached hydrogens (tertiary/aromatic N) is 2. The first-order valence-corrected chi connectivity index (χ1v) is 10.0. The Morgan fingerprint density at radius 3 is 2.78 bits per heavy atom. The molecule has 0 aliphatic heterocycles. The molecule has 6 nitrogen and oxygen atoms in total. The summed E-state index contributed by atoms with van der Waals surface area (Å²) < 4.78 is 12.4. The van der Waals surface area contributed by atoms with Crippen LogP contribution in [-0.4, -0.2) is 37.1 Å². The van der Waals surface area contributed by atoms with Gasteiger partial charge in [-0.3, -0.25) is 4.79 Å². The summed E-state index contributed by atoms with van der Waals surface area (Å²) in [5, 5.41) is 4.39. The van der Waals surface area contributed by atoms with Crippen molar-refractivity contribution in [3.8, 4) is 11.5 Å². The minimum Gasteiger partial charge on any atom is -0.493 e. The van der Waals surface area contributed by atoms with E-state index in [2.05, 4.69) is 15.5 Å². The molecule has 27 heavy (non-hydrogen) atoms. The van der Waals surface area contributed by atoms with Crippen LogP contribution in [0.25, 0.3) is 10.2 Å². The second-order valence-electron chi connectivity index (χ2n) is 5.26. The maximum absolute atomic E-state index is 12.0. The molecule has 0 saturated carbocycles. The molecule has 9 heteroatoms. The van der Waals surface area contributed by atoms with Crippen LogP contribution in [0.3, 0.4) is 0 Å². The zero-order valence-corrected chi connectivity index (χ0v) is 17.0. The minimum atomic E-state index is -0.230. The number of thioether (sulfide) groups is 1. The van der Waals surface area contributed by atoms with E-state index in [-0.39, 0.29) is 11.7 Å². The number of methoxy groups -OCH3 is 2. The average molecular weight is 422 g/mol. The largest absolute Gasteiger partial charge is 0.493 e. The van der Waals surface area contributed by atoms with Crippen LogP contribution in [0.4, 0.5) is 0 Å². The monoisotopic (exact) mass is 421 g/mol. The van der Waals surface area contributed by atoms with Gasteiger partial charge in [-0.05, 0) is 18.2 Å². The Morgan fingerprint density at radius 1 is 1.30 bits per heavy atom. The summed E-state index contributed by atoms with van der Waals surface area (Å²) in [6.07, 6.45) is 1.46. The van der Waals surface area contributed by atoms with E-state index >= 15 is 0 Å². The first-order valence-electron chi connectivity index (χ1n) is 7.82. The molecule has 0 fully saturated rings. The number of para-hydroxylation sites is 1. The van der Waals surface area contributed by atoms with Crippen molar-refractivity contribution in [2.75, 3.05) is 20.0 Å². The number of ether oxygens (including phenoxy) is 2. The molecule has 3 rings (SSSR count). The number of amides is 1. The molecule has 1 amide bonds. The topological polar surface area (TPSA) is 72.8 Å². The molecule has 3 aromatic rings. The van der Waals surface area contributed by atoms with Crippen molar-refractivity contribution in [3.05, 3.63) is 47.0 Å². The van der Waals surface area contributed by atoms with Gasteiger partial charge in [0.1, 0.15) is 0 Å². The fraction of sp³-hybridized carbons (Fsp3) is 0.167. The highest BCUT2D eigenvalue weighted by Crippen LogP contribution is 2.32. The molecule has 0 unspecified atom stereocenters. The molecule has 1 heterocycles. The summed E-state index contributed by atoms with van der Waals surface area (Å²) in [4.78, 5) is 16.5. The number of nitrogens with one attached hydrogen (secondary N) is 1. The number of hydrazone groups is 1. The van der Waals surface area contributed by atoms with Gasteiger partial charge in [-0.2, -0.15) is 5.10 Å². The molecular weight excluding hydrogens is 406 g/mol. The van der Waals surface area contributed by atoms with Gasteiger partial charge < -0.3 is 9.47 Å². The molecule has 0 aliphatic rings. The zero-order valence-electron chi connectivity index (χ0n) is 14.6. The van der Waals surface area contributed by atoms with Gasteiger partial charge in [-0.25, -0.2) is 10.4 Å². The number of hydrogen-bond acceptors (Lipinski definition) is 7. The van der Waals surface area contributed by atoms with Crippen molar-refractivity contribution in [2.45, 2.75) is 4.34 Å². The number of rotatable bonds is 7. The SMILES string of the molecule is COc1cc(Cl)c(C=NNC(=O)CSc2nc3ccccc3s2)cc1OC. The van der Waals surface area contributed by atoms with E-state index in [1.165, 1.54) is 32.2 Å². The van der Waals surface area contributed by atoms with E-state index < -0.39 is 0 Å². The number of benzene rings is 2. The summed E-state index contributed by atoms with van der Waals surface area (Å²) >= 11 is 9.12. The first-order chi connectivity index (χ1) is 13.1. The Kier molecular flexibility index (Phi) is 6.54. The van der Waals surface area contributed by atoms with Crippen LogP contribution in [0.5, 0.6) is 11.5 Å². The molecule has 0 aliphatic carbocycles. The van der Waals surface area contributed by atoms with E-state index in [1.807, 2.05) is 24.3 Å². The van der Waals surface area contributed by atoms with Gasteiger partial charge in [0.15, 0.2) is 15.8 Å². The molecule has 1 N–H and O–H groups in total. The van der Waals surface area contributed by atoms with Crippen LogP contribution in [0.15, 0.2) is 45.8 Å². The van der Waals surface area contributed by atoms with E-state index in [0.717, 1.165) is 14.6 Å². The second-order valence-corrected chi connectivity index (χ2v) is 7.92. The van der Waals surface area contributed by atoms with Gasteiger partial charge in [0.2, 0.25) is 0 Å². The first kappa shape index (κ1) is 19.5. The number of fused-ring (bicyclic) bond motifs is 1. The van der Waals surface area contributed by atoms with Gasteiger partial charge in [0.25, 0.3) is 5.91 Å². The molecule has 0 spiro atoms. The summed E-state index contributed by atoms with van der Waals surface area (Å²) in [6, 6.07) is 11.2. The molecule has 0 radical (unpaired) electrons. The molecule has 140 valence electrons. The lowest BCUT2D eigenvalue weighted by Crippen LogP contribution is -2.19. The van der Waals surface area contributed by atoms with Gasteiger partial charge >= 0.3 is 0 Å². The Morgan fingerprint density at radius 2 is 2.04 bits per heavy atom. The highest BCUT2D eigenvalue weighted by atomic mass is 35.5. The Labute approximate surface area is 169 Å². The third-order valence-corrected chi connectivity index (χ3v) is 6.00. The number of thiazole rings is 1. The van der Waals surface area contributed by atoms with Crippen molar-refractivity contribution in [1.82, 2.24) is 10.4 Å². The number of carbonyl (C=O) groups is 1. The van der Waals surface area contributed by atoms with E-state index in [9.17, 15) is 4.79 Å².